The largest absolute Gasteiger partial charge is 0.397 e. The van der Waals surface area contributed by atoms with Crippen molar-refractivity contribution in [1.29, 1.82) is 0 Å². The van der Waals surface area contributed by atoms with Gasteiger partial charge in [0.05, 0.1) is 11.4 Å². The lowest BCUT2D eigenvalue weighted by molar-refractivity contribution is 0.739. The van der Waals surface area contributed by atoms with Crippen LogP contribution in [0.3, 0.4) is 0 Å². The average Bonchev–Trinajstić information content (AvgIpc) is 1.98. The van der Waals surface area contributed by atoms with Gasteiger partial charge in [0.2, 0.25) is 0 Å². The van der Waals surface area contributed by atoms with Gasteiger partial charge in [-0.1, -0.05) is 12.1 Å². The van der Waals surface area contributed by atoms with Crippen molar-refractivity contribution in [3.63, 3.8) is 0 Å². The standard InChI is InChI=1S/C9H15N3/c1-6(10)5-7-3-2-4-8(11)9(7)12/h2-4,6H,5,10-12H2,1H3. The van der Waals surface area contributed by atoms with Crippen LogP contribution >= 0.6 is 0 Å². The van der Waals surface area contributed by atoms with Crippen LogP contribution in [0.2, 0.25) is 0 Å². The minimum absolute atomic E-state index is 0.120. The Hall–Kier alpha value is -1.22. The van der Waals surface area contributed by atoms with Crippen LogP contribution in [0.15, 0.2) is 18.2 Å². The molecule has 0 amide bonds. The molecule has 0 bridgehead atoms. The molecule has 0 aliphatic carbocycles. The topological polar surface area (TPSA) is 78.1 Å². The lowest BCUT2D eigenvalue weighted by Gasteiger charge is -2.09. The number of para-hydroxylation sites is 1. The van der Waals surface area contributed by atoms with Gasteiger partial charge in [0.25, 0.3) is 0 Å². The molecule has 1 unspecified atom stereocenters. The van der Waals surface area contributed by atoms with Crippen LogP contribution in [0.25, 0.3) is 0 Å². The maximum absolute atomic E-state index is 5.75. The first kappa shape index (κ1) is 8.87. The fourth-order valence-electron chi connectivity index (χ4n) is 1.16. The van der Waals surface area contributed by atoms with E-state index in [9.17, 15) is 0 Å². The van der Waals surface area contributed by atoms with E-state index in [0.717, 1.165) is 12.0 Å². The van der Waals surface area contributed by atoms with E-state index in [2.05, 4.69) is 0 Å². The molecule has 0 heterocycles. The highest BCUT2D eigenvalue weighted by Gasteiger charge is 2.03. The Kier molecular flexibility index (Phi) is 2.55. The average molecular weight is 165 g/mol. The van der Waals surface area contributed by atoms with Crippen molar-refractivity contribution in [2.45, 2.75) is 19.4 Å². The Morgan fingerprint density at radius 3 is 2.58 bits per heavy atom. The molecular formula is C9H15N3. The van der Waals surface area contributed by atoms with Gasteiger partial charge in [0, 0.05) is 6.04 Å². The van der Waals surface area contributed by atoms with Crippen molar-refractivity contribution in [2.75, 3.05) is 11.5 Å². The van der Waals surface area contributed by atoms with Crippen LogP contribution in [0.1, 0.15) is 12.5 Å². The van der Waals surface area contributed by atoms with Crippen molar-refractivity contribution < 1.29 is 0 Å². The summed E-state index contributed by atoms with van der Waals surface area (Å²) in [6.07, 6.45) is 0.775. The fourth-order valence-corrected chi connectivity index (χ4v) is 1.16. The summed E-state index contributed by atoms with van der Waals surface area (Å²) in [6.45, 7) is 1.95. The normalized spacial score (nSPS) is 12.8. The Morgan fingerprint density at radius 1 is 1.33 bits per heavy atom. The van der Waals surface area contributed by atoms with Gasteiger partial charge in [-0.3, -0.25) is 0 Å². The van der Waals surface area contributed by atoms with E-state index in [1.807, 2.05) is 19.1 Å². The quantitative estimate of drug-likeness (QED) is 0.565. The first-order valence-corrected chi connectivity index (χ1v) is 3.99. The van der Waals surface area contributed by atoms with E-state index in [-0.39, 0.29) is 6.04 Å². The minimum Gasteiger partial charge on any atom is -0.397 e. The van der Waals surface area contributed by atoms with Gasteiger partial charge < -0.3 is 17.2 Å². The summed E-state index contributed by atoms with van der Waals surface area (Å²) in [6, 6.07) is 5.76. The summed E-state index contributed by atoms with van der Waals surface area (Å²) in [5.74, 6) is 0. The summed E-state index contributed by atoms with van der Waals surface area (Å²) < 4.78 is 0. The van der Waals surface area contributed by atoms with Crippen molar-refractivity contribution in [3.8, 4) is 0 Å². The van der Waals surface area contributed by atoms with E-state index in [0.29, 0.717) is 11.4 Å². The molecule has 6 N–H and O–H groups in total. The number of hydrogen-bond acceptors (Lipinski definition) is 3. The van der Waals surface area contributed by atoms with Crippen LogP contribution in [0.5, 0.6) is 0 Å². The molecule has 1 aromatic carbocycles. The second-order valence-corrected chi connectivity index (χ2v) is 3.10. The molecule has 66 valence electrons. The fraction of sp³-hybridized carbons (Fsp3) is 0.333. The molecule has 1 rings (SSSR count). The zero-order chi connectivity index (χ0) is 9.14. The molecule has 0 saturated heterocycles. The monoisotopic (exact) mass is 165 g/mol. The first-order valence-electron chi connectivity index (χ1n) is 3.99. The van der Waals surface area contributed by atoms with Crippen LogP contribution < -0.4 is 17.2 Å². The summed E-state index contributed by atoms with van der Waals surface area (Å²) in [4.78, 5) is 0. The molecule has 12 heavy (non-hydrogen) atoms. The van der Waals surface area contributed by atoms with E-state index in [1.54, 1.807) is 6.07 Å². The Morgan fingerprint density at radius 2 is 2.00 bits per heavy atom. The summed E-state index contributed by atoms with van der Waals surface area (Å²) >= 11 is 0. The van der Waals surface area contributed by atoms with Gasteiger partial charge in [-0.15, -0.1) is 0 Å². The SMILES string of the molecule is CC(N)Cc1cccc(N)c1N. The number of nitrogen functional groups attached to an aromatic ring is 2. The van der Waals surface area contributed by atoms with E-state index in [1.165, 1.54) is 0 Å². The van der Waals surface area contributed by atoms with Crippen molar-refractivity contribution in [3.05, 3.63) is 23.8 Å². The van der Waals surface area contributed by atoms with Crippen LogP contribution in [-0.2, 0) is 6.42 Å². The molecule has 0 fully saturated rings. The maximum Gasteiger partial charge on any atom is 0.0580 e. The van der Waals surface area contributed by atoms with Crippen LogP contribution in [0.4, 0.5) is 11.4 Å². The third-order valence-corrected chi connectivity index (χ3v) is 1.77. The predicted molar refractivity (Wildman–Crippen MR) is 52.6 cm³/mol. The Balaban J connectivity index is 2.92. The van der Waals surface area contributed by atoms with Crippen LogP contribution in [-0.4, -0.2) is 6.04 Å². The zero-order valence-corrected chi connectivity index (χ0v) is 7.25. The summed E-state index contributed by atoms with van der Waals surface area (Å²) in [7, 11) is 0. The lowest BCUT2D eigenvalue weighted by Crippen LogP contribution is -2.18. The molecule has 0 radical (unpaired) electrons. The van der Waals surface area contributed by atoms with Gasteiger partial charge in [-0.05, 0) is 25.0 Å². The van der Waals surface area contributed by atoms with Gasteiger partial charge >= 0.3 is 0 Å². The highest BCUT2D eigenvalue weighted by molar-refractivity contribution is 5.67. The molecule has 1 aromatic rings. The molecule has 3 heteroatoms. The van der Waals surface area contributed by atoms with Crippen molar-refractivity contribution in [2.24, 2.45) is 5.73 Å². The van der Waals surface area contributed by atoms with Crippen molar-refractivity contribution in [1.82, 2.24) is 0 Å². The van der Waals surface area contributed by atoms with Gasteiger partial charge in [-0.25, -0.2) is 0 Å². The molecule has 0 saturated carbocycles. The molecular weight excluding hydrogens is 150 g/mol. The molecule has 0 aliphatic heterocycles. The Labute approximate surface area is 72.5 Å². The smallest absolute Gasteiger partial charge is 0.0580 e. The van der Waals surface area contributed by atoms with Gasteiger partial charge in [0.1, 0.15) is 0 Å². The number of hydrogen-bond donors (Lipinski definition) is 3. The number of rotatable bonds is 2. The first-order chi connectivity index (χ1) is 5.61. The second kappa shape index (κ2) is 3.45. The maximum atomic E-state index is 5.75. The highest BCUT2D eigenvalue weighted by Crippen LogP contribution is 2.20. The number of benzene rings is 1. The van der Waals surface area contributed by atoms with E-state index < -0.39 is 0 Å². The highest BCUT2D eigenvalue weighted by atomic mass is 14.7. The number of anilines is 2. The number of nitrogens with two attached hydrogens (primary N) is 3. The molecule has 0 spiro atoms. The summed E-state index contributed by atoms with van der Waals surface area (Å²) in [5.41, 5.74) is 19.4. The summed E-state index contributed by atoms with van der Waals surface area (Å²) in [5, 5.41) is 0. The third-order valence-electron chi connectivity index (χ3n) is 1.77. The van der Waals surface area contributed by atoms with E-state index >= 15 is 0 Å². The lowest BCUT2D eigenvalue weighted by atomic mass is 10.0. The third kappa shape index (κ3) is 1.89. The Bertz CT molecular complexity index is 268. The predicted octanol–water partition coefficient (Wildman–Crippen LogP) is 0.741. The molecule has 3 nitrogen and oxygen atoms in total. The minimum atomic E-state index is 0.120. The van der Waals surface area contributed by atoms with Gasteiger partial charge in [-0.2, -0.15) is 0 Å². The van der Waals surface area contributed by atoms with Crippen molar-refractivity contribution >= 4 is 11.4 Å². The van der Waals surface area contributed by atoms with E-state index in [4.69, 9.17) is 17.2 Å². The zero-order valence-electron chi connectivity index (χ0n) is 7.25. The molecule has 0 aliphatic rings. The molecule has 0 aromatic heterocycles. The van der Waals surface area contributed by atoms with Crippen LogP contribution in [0, 0.1) is 0 Å². The molecule has 1 atom stereocenters. The second-order valence-electron chi connectivity index (χ2n) is 3.10. The van der Waals surface area contributed by atoms with Gasteiger partial charge in [0.15, 0.2) is 0 Å².